The maximum absolute atomic E-state index is 12.8. The summed E-state index contributed by atoms with van der Waals surface area (Å²) in [4.78, 5) is 19.8. The SMILES string of the molecule is CC(C)N1CCN(C(=O)c2ccc(O[C@H]3C[C@H](N4CCCCC4)C3)cc2)CC1. The number of rotatable bonds is 5. The third-order valence-corrected chi connectivity index (χ3v) is 6.71. The van der Waals surface area contributed by atoms with Crippen LogP contribution in [-0.2, 0) is 0 Å². The van der Waals surface area contributed by atoms with Crippen molar-refractivity contribution in [2.24, 2.45) is 0 Å². The van der Waals surface area contributed by atoms with Gasteiger partial charge in [-0.25, -0.2) is 0 Å². The molecule has 0 radical (unpaired) electrons. The first-order valence-electron chi connectivity index (χ1n) is 11.1. The van der Waals surface area contributed by atoms with Crippen LogP contribution in [0.2, 0.25) is 0 Å². The van der Waals surface area contributed by atoms with Crippen molar-refractivity contribution >= 4 is 5.91 Å². The van der Waals surface area contributed by atoms with E-state index in [1.165, 1.54) is 32.4 Å². The van der Waals surface area contributed by atoms with Gasteiger partial charge in [-0.05, 0) is 64.0 Å². The number of piperidine rings is 1. The lowest BCUT2D eigenvalue weighted by atomic mass is 9.86. The van der Waals surface area contributed by atoms with Gasteiger partial charge in [-0.2, -0.15) is 0 Å². The summed E-state index contributed by atoms with van der Waals surface area (Å²) < 4.78 is 6.13. The molecule has 1 aliphatic carbocycles. The lowest BCUT2D eigenvalue weighted by Crippen LogP contribution is -2.50. The number of hydrogen-bond donors (Lipinski definition) is 0. The molecular formula is C23H35N3O2. The van der Waals surface area contributed by atoms with E-state index in [4.69, 9.17) is 4.74 Å². The summed E-state index contributed by atoms with van der Waals surface area (Å²) in [6.07, 6.45) is 6.70. The monoisotopic (exact) mass is 385 g/mol. The molecule has 1 saturated carbocycles. The van der Waals surface area contributed by atoms with Gasteiger partial charge in [0.05, 0.1) is 0 Å². The minimum absolute atomic E-state index is 0.142. The molecule has 2 heterocycles. The highest BCUT2D eigenvalue weighted by molar-refractivity contribution is 5.94. The van der Waals surface area contributed by atoms with Gasteiger partial charge in [0, 0.05) is 56.7 Å². The topological polar surface area (TPSA) is 36.0 Å². The quantitative estimate of drug-likeness (QED) is 0.780. The van der Waals surface area contributed by atoms with E-state index >= 15 is 0 Å². The number of carbonyl (C=O) groups is 1. The highest BCUT2D eigenvalue weighted by Crippen LogP contribution is 2.31. The Bertz CT molecular complexity index is 640. The van der Waals surface area contributed by atoms with E-state index in [9.17, 15) is 4.79 Å². The zero-order valence-corrected chi connectivity index (χ0v) is 17.5. The van der Waals surface area contributed by atoms with Crippen molar-refractivity contribution in [2.45, 2.75) is 64.1 Å². The van der Waals surface area contributed by atoms with E-state index in [1.54, 1.807) is 0 Å². The van der Waals surface area contributed by atoms with Gasteiger partial charge in [0.1, 0.15) is 11.9 Å². The Kier molecular flexibility index (Phi) is 6.22. The number of carbonyl (C=O) groups excluding carboxylic acids is 1. The molecule has 1 aromatic carbocycles. The number of hydrogen-bond acceptors (Lipinski definition) is 4. The number of benzene rings is 1. The Hall–Kier alpha value is -1.59. The fourth-order valence-electron chi connectivity index (χ4n) is 4.71. The van der Waals surface area contributed by atoms with Gasteiger partial charge < -0.3 is 14.5 Å². The zero-order chi connectivity index (χ0) is 19.5. The van der Waals surface area contributed by atoms with E-state index in [2.05, 4.69) is 23.6 Å². The molecule has 2 saturated heterocycles. The standard InChI is InChI=1S/C23H35N3O2/c1-18(2)24-12-14-26(15-13-24)23(27)19-6-8-21(9-7-19)28-22-16-20(17-22)25-10-4-3-5-11-25/h6-9,18,20,22H,3-5,10-17H2,1-2H3/t20-,22-. The molecule has 3 aliphatic rings. The molecule has 28 heavy (non-hydrogen) atoms. The summed E-state index contributed by atoms with van der Waals surface area (Å²) >= 11 is 0. The summed E-state index contributed by atoms with van der Waals surface area (Å²) in [6.45, 7) is 10.5. The number of ether oxygens (including phenoxy) is 1. The molecule has 1 aromatic rings. The van der Waals surface area contributed by atoms with Gasteiger partial charge in [-0.15, -0.1) is 0 Å². The lowest BCUT2D eigenvalue weighted by Gasteiger charge is -2.44. The van der Waals surface area contributed by atoms with Crippen LogP contribution in [-0.4, -0.2) is 78.1 Å². The molecule has 1 amide bonds. The van der Waals surface area contributed by atoms with Gasteiger partial charge in [0.25, 0.3) is 5.91 Å². The average Bonchev–Trinajstić information content (AvgIpc) is 2.71. The van der Waals surface area contributed by atoms with E-state index < -0.39 is 0 Å². The van der Waals surface area contributed by atoms with Crippen LogP contribution in [0, 0.1) is 0 Å². The molecule has 2 aliphatic heterocycles. The molecule has 5 heteroatoms. The van der Waals surface area contributed by atoms with E-state index in [0.717, 1.165) is 56.4 Å². The van der Waals surface area contributed by atoms with E-state index in [0.29, 0.717) is 12.1 Å². The molecule has 4 rings (SSSR count). The third-order valence-electron chi connectivity index (χ3n) is 6.71. The molecule has 0 spiro atoms. The van der Waals surface area contributed by atoms with Crippen LogP contribution in [0.5, 0.6) is 5.75 Å². The van der Waals surface area contributed by atoms with Gasteiger partial charge in [0.2, 0.25) is 0 Å². The average molecular weight is 386 g/mol. The van der Waals surface area contributed by atoms with Crippen LogP contribution < -0.4 is 4.74 Å². The Balaban J connectivity index is 1.24. The van der Waals surface area contributed by atoms with Crippen LogP contribution in [0.15, 0.2) is 24.3 Å². The largest absolute Gasteiger partial charge is 0.490 e. The first-order chi connectivity index (χ1) is 13.6. The van der Waals surface area contributed by atoms with Crippen LogP contribution in [0.1, 0.15) is 56.3 Å². The van der Waals surface area contributed by atoms with Gasteiger partial charge in [0.15, 0.2) is 0 Å². The van der Waals surface area contributed by atoms with Crippen LogP contribution in [0.4, 0.5) is 0 Å². The van der Waals surface area contributed by atoms with Crippen molar-refractivity contribution in [3.8, 4) is 5.75 Å². The zero-order valence-electron chi connectivity index (χ0n) is 17.5. The molecule has 0 N–H and O–H groups in total. The number of piperazine rings is 1. The Labute approximate surface area is 169 Å². The fraction of sp³-hybridized carbons (Fsp3) is 0.696. The highest BCUT2D eigenvalue weighted by Gasteiger charge is 2.35. The Morgan fingerprint density at radius 3 is 2.18 bits per heavy atom. The molecule has 0 unspecified atom stereocenters. The van der Waals surface area contributed by atoms with E-state index in [-0.39, 0.29) is 5.91 Å². The number of amides is 1. The summed E-state index contributed by atoms with van der Waals surface area (Å²) in [5, 5.41) is 0. The fourth-order valence-corrected chi connectivity index (χ4v) is 4.71. The molecule has 0 bridgehead atoms. The normalized spacial score (nSPS) is 26.9. The summed E-state index contributed by atoms with van der Waals surface area (Å²) in [7, 11) is 0. The maximum atomic E-state index is 12.8. The summed E-state index contributed by atoms with van der Waals surface area (Å²) in [5.74, 6) is 1.03. The first kappa shape index (κ1) is 19.7. The molecular weight excluding hydrogens is 350 g/mol. The van der Waals surface area contributed by atoms with Crippen LogP contribution in [0.25, 0.3) is 0 Å². The predicted octanol–water partition coefficient (Wildman–Crippen LogP) is 3.25. The third kappa shape index (κ3) is 4.52. The van der Waals surface area contributed by atoms with Crippen molar-refractivity contribution < 1.29 is 9.53 Å². The van der Waals surface area contributed by atoms with E-state index in [1.807, 2.05) is 29.2 Å². The smallest absolute Gasteiger partial charge is 0.253 e. The van der Waals surface area contributed by atoms with Crippen molar-refractivity contribution in [1.82, 2.24) is 14.7 Å². The molecule has 0 aromatic heterocycles. The number of likely N-dealkylation sites (tertiary alicyclic amines) is 1. The minimum Gasteiger partial charge on any atom is -0.490 e. The molecule has 3 fully saturated rings. The Morgan fingerprint density at radius 1 is 0.929 bits per heavy atom. The van der Waals surface area contributed by atoms with Gasteiger partial charge >= 0.3 is 0 Å². The van der Waals surface area contributed by atoms with Crippen LogP contribution >= 0.6 is 0 Å². The summed E-state index contributed by atoms with van der Waals surface area (Å²) in [6, 6.07) is 9.04. The lowest BCUT2D eigenvalue weighted by molar-refractivity contribution is 0.00891. The second-order valence-electron chi connectivity index (χ2n) is 8.91. The van der Waals surface area contributed by atoms with Crippen LogP contribution in [0.3, 0.4) is 0 Å². The second kappa shape index (κ2) is 8.83. The van der Waals surface area contributed by atoms with Gasteiger partial charge in [-0.3, -0.25) is 9.69 Å². The summed E-state index contributed by atoms with van der Waals surface area (Å²) in [5.41, 5.74) is 0.769. The molecule has 0 atom stereocenters. The first-order valence-corrected chi connectivity index (χ1v) is 11.1. The van der Waals surface area contributed by atoms with Crippen molar-refractivity contribution in [1.29, 1.82) is 0 Å². The van der Waals surface area contributed by atoms with Crippen molar-refractivity contribution in [3.63, 3.8) is 0 Å². The second-order valence-corrected chi connectivity index (χ2v) is 8.91. The molecule has 5 nitrogen and oxygen atoms in total. The van der Waals surface area contributed by atoms with Crippen molar-refractivity contribution in [2.75, 3.05) is 39.3 Å². The number of nitrogens with zero attached hydrogens (tertiary/aromatic N) is 3. The Morgan fingerprint density at radius 2 is 1.57 bits per heavy atom. The maximum Gasteiger partial charge on any atom is 0.253 e. The predicted molar refractivity (Wildman–Crippen MR) is 112 cm³/mol. The van der Waals surface area contributed by atoms with Gasteiger partial charge in [-0.1, -0.05) is 6.42 Å². The minimum atomic E-state index is 0.142. The highest BCUT2D eigenvalue weighted by atomic mass is 16.5. The van der Waals surface area contributed by atoms with Crippen molar-refractivity contribution in [3.05, 3.63) is 29.8 Å². The molecule has 154 valence electrons.